The van der Waals surface area contributed by atoms with Crippen molar-refractivity contribution in [2.45, 2.75) is 25.0 Å². The van der Waals surface area contributed by atoms with Crippen LogP contribution in [0.15, 0.2) is 72.0 Å². The molecule has 2 aromatic carbocycles. The van der Waals surface area contributed by atoms with Crippen molar-refractivity contribution in [1.82, 2.24) is 15.5 Å². The summed E-state index contributed by atoms with van der Waals surface area (Å²) in [5.41, 5.74) is 1.08. The monoisotopic (exact) mass is 548 g/mol. The van der Waals surface area contributed by atoms with Crippen molar-refractivity contribution in [1.29, 1.82) is 0 Å². The van der Waals surface area contributed by atoms with Crippen LogP contribution in [0.25, 0.3) is 0 Å². The van der Waals surface area contributed by atoms with Gasteiger partial charge in [-0.15, -0.1) is 0 Å². The summed E-state index contributed by atoms with van der Waals surface area (Å²) >= 11 is 0. The number of halogens is 1. The summed E-state index contributed by atoms with van der Waals surface area (Å²) in [5, 5.41) is 4.95. The summed E-state index contributed by atoms with van der Waals surface area (Å²) in [7, 11) is 2.98. The fourth-order valence-electron chi connectivity index (χ4n) is 5.43. The van der Waals surface area contributed by atoms with E-state index >= 15 is 0 Å². The third-order valence-electron chi connectivity index (χ3n) is 7.46. The molecule has 1 aliphatic heterocycles. The molecule has 40 heavy (non-hydrogen) atoms. The summed E-state index contributed by atoms with van der Waals surface area (Å²) in [6, 6.07) is 12.3. The lowest BCUT2D eigenvalue weighted by Gasteiger charge is -2.28. The van der Waals surface area contributed by atoms with Gasteiger partial charge >= 0.3 is 12.1 Å². The Bertz CT molecular complexity index is 1420. The normalized spacial score (nSPS) is 21.4. The molecule has 1 unspecified atom stereocenters. The molecule has 1 saturated heterocycles. The van der Waals surface area contributed by atoms with Crippen LogP contribution >= 0.6 is 0 Å². The van der Waals surface area contributed by atoms with E-state index in [0.29, 0.717) is 35.4 Å². The zero-order valence-corrected chi connectivity index (χ0v) is 22.1. The van der Waals surface area contributed by atoms with E-state index in [4.69, 9.17) is 9.47 Å². The predicted molar refractivity (Wildman–Crippen MR) is 143 cm³/mol. The maximum absolute atomic E-state index is 13.7. The smallest absolute Gasteiger partial charge is 0.411 e. The largest absolute Gasteiger partial charge is 0.497 e. The van der Waals surface area contributed by atoms with Gasteiger partial charge in [-0.1, -0.05) is 24.3 Å². The molecule has 2 atom stereocenters. The van der Waals surface area contributed by atoms with E-state index in [-0.39, 0.29) is 42.8 Å². The van der Waals surface area contributed by atoms with Gasteiger partial charge in [0.1, 0.15) is 18.1 Å². The van der Waals surface area contributed by atoms with Crippen molar-refractivity contribution < 1.29 is 33.0 Å². The van der Waals surface area contributed by atoms with Gasteiger partial charge in [0.15, 0.2) is 11.4 Å². The highest BCUT2D eigenvalue weighted by Crippen LogP contribution is 2.48. The van der Waals surface area contributed by atoms with Gasteiger partial charge in [0.25, 0.3) is 0 Å². The highest BCUT2D eigenvalue weighted by molar-refractivity contribution is 6.04. The van der Waals surface area contributed by atoms with Crippen molar-refractivity contribution in [3.8, 4) is 5.75 Å². The van der Waals surface area contributed by atoms with E-state index in [0.717, 1.165) is 0 Å². The Labute approximate surface area is 230 Å². The number of ketones is 1. The molecule has 0 aromatic heterocycles. The average molecular weight is 549 g/mol. The Morgan fingerprint density at radius 1 is 1.18 bits per heavy atom. The van der Waals surface area contributed by atoms with E-state index in [1.54, 1.807) is 42.5 Å². The van der Waals surface area contributed by atoms with Crippen LogP contribution in [0, 0.1) is 11.7 Å². The summed E-state index contributed by atoms with van der Waals surface area (Å²) in [6.07, 6.45) is 3.47. The van der Waals surface area contributed by atoms with Crippen LogP contribution in [0.2, 0.25) is 0 Å². The lowest BCUT2D eigenvalue weighted by molar-refractivity contribution is -0.119. The van der Waals surface area contributed by atoms with Crippen molar-refractivity contribution in [3.63, 3.8) is 0 Å². The van der Waals surface area contributed by atoms with E-state index in [2.05, 4.69) is 10.6 Å². The number of amides is 4. The third-order valence-corrected chi connectivity index (χ3v) is 7.46. The van der Waals surface area contributed by atoms with Crippen LogP contribution in [0.5, 0.6) is 5.75 Å². The number of hydrogen-bond donors (Lipinski definition) is 2. The minimum absolute atomic E-state index is 0.113. The SMILES string of the molecule is CNC(=O)NC1=CC=C2C(CC[C@]23CN(CC(=O)N(Cc2ccc(F)cc2)c2cccc(OC)c2)C(=O)O3)C1=O. The molecule has 0 radical (unpaired) electrons. The summed E-state index contributed by atoms with van der Waals surface area (Å²) < 4.78 is 24.7. The van der Waals surface area contributed by atoms with E-state index in [9.17, 15) is 23.6 Å². The first kappa shape index (κ1) is 26.9. The molecule has 1 spiro atoms. The zero-order chi connectivity index (χ0) is 28.4. The molecular formula is C29H29FN4O6. The maximum atomic E-state index is 13.7. The van der Waals surface area contributed by atoms with Gasteiger partial charge < -0.3 is 25.0 Å². The van der Waals surface area contributed by atoms with Gasteiger partial charge in [-0.3, -0.25) is 14.5 Å². The number of benzene rings is 2. The number of hydrogen-bond acceptors (Lipinski definition) is 6. The Morgan fingerprint density at radius 3 is 2.67 bits per heavy atom. The second kappa shape index (κ2) is 10.8. The lowest BCUT2D eigenvalue weighted by atomic mass is 9.85. The van der Waals surface area contributed by atoms with Crippen LogP contribution < -0.4 is 20.3 Å². The quantitative estimate of drug-likeness (QED) is 0.549. The Hall–Kier alpha value is -4.67. The summed E-state index contributed by atoms with van der Waals surface area (Å²) in [4.78, 5) is 54.3. The number of ether oxygens (including phenoxy) is 2. The first-order chi connectivity index (χ1) is 19.2. The lowest BCUT2D eigenvalue weighted by Crippen LogP contribution is -2.42. The van der Waals surface area contributed by atoms with E-state index in [1.165, 1.54) is 42.2 Å². The number of carbonyl (C=O) groups excluding carboxylic acids is 4. The molecule has 208 valence electrons. The molecule has 2 fully saturated rings. The van der Waals surface area contributed by atoms with Crippen LogP contribution in [0.4, 0.5) is 19.7 Å². The number of carbonyl (C=O) groups is 4. The number of nitrogens with one attached hydrogen (secondary N) is 2. The molecule has 2 aliphatic carbocycles. The standard InChI is InChI=1S/C29H29FN4O6/c1-31-27(37)32-24-11-10-23-22(26(24)36)12-13-29(23)17-33(28(38)40-29)16-25(35)34(15-18-6-8-19(30)9-7-18)20-4-3-5-21(14-20)39-2/h3-11,14,22H,12-13,15-17H2,1-2H3,(H2,31,32,37)/t22?,29-/m0/s1. The molecular weight excluding hydrogens is 519 g/mol. The second-order valence-electron chi connectivity index (χ2n) is 9.89. The maximum Gasteiger partial charge on any atom is 0.411 e. The molecule has 0 bridgehead atoms. The molecule has 3 aliphatic rings. The molecule has 2 N–H and O–H groups in total. The Kier molecular flexibility index (Phi) is 7.29. The van der Waals surface area contributed by atoms with Gasteiger partial charge in [-0.2, -0.15) is 0 Å². The van der Waals surface area contributed by atoms with Crippen molar-refractivity contribution >= 4 is 29.5 Å². The fourth-order valence-corrected chi connectivity index (χ4v) is 5.43. The number of urea groups is 1. The number of rotatable bonds is 7. The molecule has 10 nitrogen and oxygen atoms in total. The first-order valence-corrected chi connectivity index (χ1v) is 12.8. The number of fused-ring (bicyclic) bond motifs is 2. The highest BCUT2D eigenvalue weighted by Gasteiger charge is 2.56. The van der Waals surface area contributed by atoms with E-state index in [1.807, 2.05) is 0 Å². The average Bonchev–Trinajstić information content (AvgIpc) is 3.47. The second-order valence-corrected chi connectivity index (χ2v) is 9.89. The number of methoxy groups -OCH3 is 1. The number of anilines is 1. The fraction of sp³-hybridized carbons (Fsp3) is 0.310. The van der Waals surface area contributed by atoms with Crippen LogP contribution in [-0.4, -0.2) is 61.6 Å². The Morgan fingerprint density at radius 2 is 1.95 bits per heavy atom. The predicted octanol–water partition coefficient (Wildman–Crippen LogP) is 3.29. The molecule has 5 rings (SSSR count). The Balaban J connectivity index is 1.36. The molecule has 4 amide bonds. The zero-order valence-electron chi connectivity index (χ0n) is 22.1. The van der Waals surface area contributed by atoms with Crippen LogP contribution in [-0.2, 0) is 20.9 Å². The van der Waals surface area contributed by atoms with Crippen molar-refractivity contribution in [2.24, 2.45) is 5.92 Å². The van der Waals surface area contributed by atoms with Gasteiger partial charge in [0, 0.05) is 24.7 Å². The molecule has 2 aromatic rings. The minimum atomic E-state index is -1.02. The van der Waals surface area contributed by atoms with Crippen molar-refractivity contribution in [3.05, 3.63) is 83.3 Å². The third kappa shape index (κ3) is 5.14. The van der Waals surface area contributed by atoms with E-state index < -0.39 is 23.6 Å². The number of allylic oxidation sites excluding steroid dienone is 3. The number of nitrogens with zero attached hydrogens (tertiary/aromatic N) is 2. The van der Waals surface area contributed by atoms with Gasteiger partial charge in [0.05, 0.1) is 25.9 Å². The topological polar surface area (TPSA) is 117 Å². The first-order valence-electron chi connectivity index (χ1n) is 12.8. The highest BCUT2D eigenvalue weighted by atomic mass is 19.1. The number of Topliss-reactive ketones (excluding diaryl/α,β-unsaturated/α-hetero) is 1. The van der Waals surface area contributed by atoms with Crippen LogP contribution in [0.1, 0.15) is 18.4 Å². The minimum Gasteiger partial charge on any atom is -0.497 e. The van der Waals surface area contributed by atoms with Gasteiger partial charge in [0.2, 0.25) is 5.91 Å². The summed E-state index contributed by atoms with van der Waals surface area (Å²) in [5.74, 6) is -0.964. The molecule has 1 heterocycles. The summed E-state index contributed by atoms with van der Waals surface area (Å²) in [6.45, 7) is -0.000119. The molecule has 1 saturated carbocycles. The van der Waals surface area contributed by atoms with Crippen LogP contribution in [0.3, 0.4) is 0 Å². The van der Waals surface area contributed by atoms with Crippen molar-refractivity contribution in [2.75, 3.05) is 32.1 Å². The van der Waals surface area contributed by atoms with Gasteiger partial charge in [-0.25, -0.2) is 14.0 Å². The van der Waals surface area contributed by atoms with Gasteiger partial charge in [-0.05, 0) is 54.3 Å². The molecule has 11 heteroatoms.